The number of rotatable bonds is 4. The van der Waals surface area contributed by atoms with Crippen LogP contribution in [0.3, 0.4) is 0 Å². The summed E-state index contributed by atoms with van der Waals surface area (Å²) in [5.74, 6) is 0.111. The van der Waals surface area contributed by atoms with E-state index in [0.29, 0.717) is 13.0 Å². The van der Waals surface area contributed by atoms with Gasteiger partial charge in [-0.05, 0) is 37.7 Å². The van der Waals surface area contributed by atoms with Crippen molar-refractivity contribution in [2.75, 3.05) is 6.54 Å². The molecule has 0 spiro atoms. The zero-order valence-electron chi connectivity index (χ0n) is 17.2. The second-order valence-corrected chi connectivity index (χ2v) is 9.23. The van der Waals surface area contributed by atoms with Gasteiger partial charge in [0.2, 0.25) is 11.8 Å². The molecule has 0 saturated heterocycles. The molecule has 2 saturated carbocycles. The summed E-state index contributed by atoms with van der Waals surface area (Å²) in [4.78, 5) is 31.6. The molecule has 1 aromatic carbocycles. The highest BCUT2D eigenvalue weighted by molar-refractivity contribution is 5.87. The van der Waals surface area contributed by atoms with Gasteiger partial charge in [0.1, 0.15) is 5.54 Å². The molecule has 0 unspecified atom stereocenters. The van der Waals surface area contributed by atoms with Crippen LogP contribution in [0, 0.1) is 23.2 Å². The topological polar surface area (TPSA) is 89.0 Å². The number of H-pyrrole nitrogens is 1. The van der Waals surface area contributed by atoms with Gasteiger partial charge in [-0.3, -0.25) is 9.59 Å². The van der Waals surface area contributed by atoms with E-state index in [1.54, 1.807) is 0 Å². The first kappa shape index (κ1) is 19.2. The van der Waals surface area contributed by atoms with Crippen molar-refractivity contribution in [3.8, 4) is 6.07 Å². The third kappa shape index (κ3) is 3.47. The van der Waals surface area contributed by atoms with Crippen LogP contribution in [0.2, 0.25) is 0 Å². The number of carbonyl (C=O) groups excluding carboxylic acids is 2. The minimum absolute atomic E-state index is 0.0729. The number of hydrogen-bond donors (Lipinski definition) is 2. The number of aromatic amines is 1. The Bertz CT molecular complexity index is 1030. The van der Waals surface area contributed by atoms with E-state index in [4.69, 9.17) is 0 Å². The van der Waals surface area contributed by atoms with Gasteiger partial charge in [0, 0.05) is 54.0 Å². The fourth-order valence-corrected chi connectivity index (χ4v) is 5.31. The number of nitriles is 1. The number of hydrogen-bond acceptors (Lipinski definition) is 3. The lowest BCUT2D eigenvalue weighted by Crippen LogP contribution is -2.44. The monoisotopic (exact) mass is 404 g/mol. The molecule has 0 radical (unpaired) electrons. The predicted molar refractivity (Wildman–Crippen MR) is 113 cm³/mol. The highest BCUT2D eigenvalue weighted by atomic mass is 16.2. The van der Waals surface area contributed by atoms with Gasteiger partial charge >= 0.3 is 0 Å². The molecule has 1 aromatic heterocycles. The van der Waals surface area contributed by atoms with E-state index in [0.717, 1.165) is 57.0 Å². The second kappa shape index (κ2) is 7.46. The molecule has 2 amide bonds. The van der Waals surface area contributed by atoms with E-state index in [2.05, 4.69) is 28.5 Å². The van der Waals surface area contributed by atoms with Crippen LogP contribution in [-0.4, -0.2) is 33.8 Å². The molecule has 156 valence electrons. The summed E-state index contributed by atoms with van der Waals surface area (Å²) < 4.78 is 0. The van der Waals surface area contributed by atoms with Crippen molar-refractivity contribution in [2.45, 2.75) is 63.5 Å². The summed E-state index contributed by atoms with van der Waals surface area (Å²) in [5, 5.41) is 13.3. The molecule has 1 aliphatic heterocycles. The Balaban J connectivity index is 1.29. The van der Waals surface area contributed by atoms with Crippen molar-refractivity contribution >= 4 is 22.7 Å². The van der Waals surface area contributed by atoms with Gasteiger partial charge in [-0.25, -0.2) is 0 Å². The Morgan fingerprint density at radius 1 is 1.23 bits per heavy atom. The number of fused-ring (bicyclic) bond motifs is 3. The third-order valence-corrected chi connectivity index (χ3v) is 7.21. The molecule has 2 N–H and O–H groups in total. The number of benzene rings is 1. The smallest absolute Gasteiger partial charge is 0.226 e. The minimum atomic E-state index is -0.635. The molecule has 6 heteroatoms. The number of nitrogens with one attached hydrogen (secondary N) is 2. The van der Waals surface area contributed by atoms with Gasteiger partial charge in [0.05, 0.1) is 6.07 Å². The van der Waals surface area contributed by atoms with Gasteiger partial charge in [0.15, 0.2) is 0 Å². The van der Waals surface area contributed by atoms with Crippen molar-refractivity contribution in [1.82, 2.24) is 15.2 Å². The lowest BCUT2D eigenvalue weighted by Gasteiger charge is -2.36. The molecular formula is C24H28N4O2. The molecule has 2 fully saturated rings. The highest BCUT2D eigenvalue weighted by Gasteiger charge is 2.45. The Morgan fingerprint density at radius 2 is 2.03 bits per heavy atom. The standard InChI is InChI=1S/C24H28N4O2/c25-15-24(10-11-24)27-22(29)13-16-5-1-2-6-17(16)23(30)28-12-9-21-19(14-28)18-7-3-4-8-20(18)26-21/h3-4,7-8,16-17,26H,1-2,5-6,9-14H2,(H,27,29)/t16-,17-/m1/s1. The summed E-state index contributed by atoms with van der Waals surface area (Å²) in [5.41, 5.74) is 2.98. The van der Waals surface area contributed by atoms with Gasteiger partial charge in [-0.15, -0.1) is 0 Å². The average Bonchev–Trinajstić information content (AvgIpc) is 3.44. The van der Waals surface area contributed by atoms with Crippen molar-refractivity contribution in [2.24, 2.45) is 11.8 Å². The molecular weight excluding hydrogens is 376 g/mol. The molecule has 2 heterocycles. The number of aromatic nitrogens is 1. The Hall–Kier alpha value is -2.81. The van der Waals surface area contributed by atoms with Crippen molar-refractivity contribution in [1.29, 1.82) is 5.26 Å². The quantitative estimate of drug-likeness (QED) is 0.818. The molecule has 2 aromatic rings. The van der Waals surface area contributed by atoms with E-state index in [-0.39, 0.29) is 23.7 Å². The minimum Gasteiger partial charge on any atom is -0.358 e. The summed E-state index contributed by atoms with van der Waals surface area (Å²) in [6.07, 6.45) is 6.56. The SMILES string of the molecule is N#CC1(NC(=O)C[C@H]2CCCC[C@H]2C(=O)N2CCc3[nH]c4ccccc4c3C2)CC1. The van der Waals surface area contributed by atoms with Crippen LogP contribution in [0.4, 0.5) is 0 Å². The fraction of sp³-hybridized carbons (Fsp3) is 0.542. The van der Waals surface area contributed by atoms with E-state index in [1.165, 1.54) is 16.6 Å². The number of nitrogens with zero attached hydrogens (tertiary/aromatic N) is 2. The molecule has 2 atom stereocenters. The summed E-state index contributed by atoms with van der Waals surface area (Å²) in [6.45, 7) is 1.37. The number of amides is 2. The van der Waals surface area contributed by atoms with E-state index in [9.17, 15) is 14.9 Å². The largest absolute Gasteiger partial charge is 0.358 e. The summed E-state index contributed by atoms with van der Waals surface area (Å²) >= 11 is 0. The van der Waals surface area contributed by atoms with Gasteiger partial charge in [-0.2, -0.15) is 5.26 Å². The Morgan fingerprint density at radius 3 is 2.83 bits per heavy atom. The first-order valence-corrected chi connectivity index (χ1v) is 11.2. The van der Waals surface area contributed by atoms with E-state index < -0.39 is 5.54 Å². The van der Waals surface area contributed by atoms with Crippen LogP contribution in [-0.2, 0) is 22.6 Å². The maximum absolute atomic E-state index is 13.5. The first-order chi connectivity index (χ1) is 14.6. The average molecular weight is 405 g/mol. The van der Waals surface area contributed by atoms with Crippen LogP contribution >= 0.6 is 0 Å². The van der Waals surface area contributed by atoms with Crippen LogP contribution in [0.15, 0.2) is 24.3 Å². The summed E-state index contributed by atoms with van der Waals surface area (Å²) in [7, 11) is 0. The van der Waals surface area contributed by atoms with Crippen LogP contribution in [0.1, 0.15) is 56.2 Å². The van der Waals surface area contributed by atoms with E-state index in [1.807, 2.05) is 17.0 Å². The van der Waals surface area contributed by atoms with Gasteiger partial charge < -0.3 is 15.2 Å². The fourth-order valence-electron chi connectivity index (χ4n) is 5.31. The first-order valence-electron chi connectivity index (χ1n) is 11.2. The number of para-hydroxylation sites is 1. The van der Waals surface area contributed by atoms with Crippen LogP contribution in [0.5, 0.6) is 0 Å². The molecule has 3 aliphatic rings. The third-order valence-electron chi connectivity index (χ3n) is 7.21. The zero-order valence-corrected chi connectivity index (χ0v) is 17.2. The van der Waals surface area contributed by atoms with Gasteiger partial charge in [-0.1, -0.05) is 31.0 Å². The van der Waals surface area contributed by atoms with Gasteiger partial charge in [0.25, 0.3) is 0 Å². The predicted octanol–water partition coefficient (Wildman–Crippen LogP) is 3.42. The van der Waals surface area contributed by atoms with Crippen LogP contribution in [0.25, 0.3) is 10.9 Å². The highest BCUT2D eigenvalue weighted by Crippen LogP contribution is 2.38. The lowest BCUT2D eigenvalue weighted by atomic mass is 9.76. The maximum Gasteiger partial charge on any atom is 0.226 e. The van der Waals surface area contributed by atoms with Crippen molar-refractivity contribution in [3.05, 3.63) is 35.5 Å². The van der Waals surface area contributed by atoms with Crippen LogP contribution < -0.4 is 5.32 Å². The molecule has 5 rings (SSSR count). The zero-order chi connectivity index (χ0) is 20.7. The Labute approximate surface area is 176 Å². The maximum atomic E-state index is 13.5. The summed E-state index contributed by atoms with van der Waals surface area (Å²) in [6, 6.07) is 10.5. The van der Waals surface area contributed by atoms with E-state index >= 15 is 0 Å². The second-order valence-electron chi connectivity index (χ2n) is 9.23. The molecule has 0 bridgehead atoms. The molecule has 6 nitrogen and oxygen atoms in total. The number of carbonyl (C=O) groups is 2. The normalized spacial score (nSPS) is 24.7. The van der Waals surface area contributed by atoms with Crippen molar-refractivity contribution in [3.63, 3.8) is 0 Å². The Kier molecular flexibility index (Phi) is 4.77. The van der Waals surface area contributed by atoms with Crippen molar-refractivity contribution < 1.29 is 9.59 Å². The molecule has 2 aliphatic carbocycles. The lowest BCUT2D eigenvalue weighted by molar-refractivity contribution is -0.140. The molecule has 30 heavy (non-hydrogen) atoms.